The first-order valence-electron chi connectivity index (χ1n) is 32.4. The maximum absolute atomic E-state index is 13.1. The summed E-state index contributed by atoms with van der Waals surface area (Å²) >= 11 is 0. The highest BCUT2D eigenvalue weighted by atomic mass is 16.7. The van der Waals surface area contributed by atoms with Gasteiger partial charge in [0.2, 0.25) is 5.91 Å². The Hall–Kier alpha value is -1.07. The first kappa shape index (κ1) is 69.9. The van der Waals surface area contributed by atoms with E-state index in [1.165, 1.54) is 270 Å². The number of ether oxygens (including phenoxy) is 2. The smallest absolute Gasteiger partial charge is 0.220 e. The first-order valence-corrected chi connectivity index (χ1v) is 32.4. The number of carbonyl (C=O) groups is 1. The molecule has 1 heterocycles. The van der Waals surface area contributed by atoms with Crippen LogP contribution in [0, 0.1) is 0 Å². The summed E-state index contributed by atoms with van der Waals surface area (Å²) in [5, 5.41) is 54.8. The number of carbonyl (C=O) groups excluding carboxylic acids is 1. The van der Waals surface area contributed by atoms with Gasteiger partial charge in [0.15, 0.2) is 6.29 Å². The molecular formula is C64H125NO8. The molecule has 0 saturated carbocycles. The van der Waals surface area contributed by atoms with Crippen LogP contribution in [-0.4, -0.2) is 87.5 Å². The average Bonchev–Trinajstić information content (AvgIpc) is 3.39. The third kappa shape index (κ3) is 43.6. The van der Waals surface area contributed by atoms with Crippen molar-refractivity contribution in [1.82, 2.24) is 5.32 Å². The molecule has 0 aliphatic carbocycles. The SMILES string of the molecule is CCCCCCCCCC/C=C\CCCCCCCCCCCCCCCC(=O)NC(COC1OC(CO)C(O)C(O)C1O)C(O)CCCCCCCCCCCCCCCCCCCCCCCCCCC. The molecule has 1 rings (SSSR count). The molecule has 6 N–H and O–H groups in total. The van der Waals surface area contributed by atoms with Crippen molar-refractivity contribution in [1.29, 1.82) is 0 Å². The number of amides is 1. The Bertz CT molecular complexity index is 1150. The van der Waals surface area contributed by atoms with E-state index >= 15 is 0 Å². The van der Waals surface area contributed by atoms with Gasteiger partial charge in [-0.15, -0.1) is 0 Å². The van der Waals surface area contributed by atoms with Gasteiger partial charge in [-0.1, -0.05) is 302 Å². The topological polar surface area (TPSA) is 149 Å². The summed E-state index contributed by atoms with van der Waals surface area (Å²) in [4.78, 5) is 13.1. The Morgan fingerprint density at radius 3 is 1.11 bits per heavy atom. The van der Waals surface area contributed by atoms with Crippen LogP contribution in [0.1, 0.15) is 335 Å². The van der Waals surface area contributed by atoms with Gasteiger partial charge in [0.05, 0.1) is 25.4 Å². The van der Waals surface area contributed by atoms with Crippen molar-refractivity contribution in [2.75, 3.05) is 13.2 Å². The van der Waals surface area contributed by atoms with Crippen molar-refractivity contribution >= 4 is 5.91 Å². The van der Waals surface area contributed by atoms with E-state index < -0.39 is 49.5 Å². The standard InChI is InChI=1S/C64H125NO8/c1-3-5-7-9-11-13-15-17-19-21-23-25-27-29-31-33-35-37-39-41-43-45-47-49-51-53-58(67)57(56-72-64-63(71)62(70)61(69)59(55-66)73-64)65-60(68)54-52-50-48-46-44-42-40-38-36-34-32-30-28-26-24-22-20-18-16-14-12-10-8-6-4-2/h22,24,57-59,61-64,66-67,69-71H,3-21,23,25-56H2,1-2H3,(H,65,68)/b24-22-. The second kappa shape index (κ2) is 54.3. The fraction of sp³-hybridized carbons (Fsp3) is 0.953. The summed E-state index contributed by atoms with van der Waals surface area (Å²) in [6.45, 7) is 3.89. The molecule has 7 unspecified atom stereocenters. The quantitative estimate of drug-likeness (QED) is 0.0261. The maximum Gasteiger partial charge on any atom is 0.220 e. The molecule has 0 bridgehead atoms. The number of rotatable bonds is 57. The minimum Gasteiger partial charge on any atom is -0.394 e. The van der Waals surface area contributed by atoms with Gasteiger partial charge in [-0.3, -0.25) is 4.79 Å². The zero-order valence-electron chi connectivity index (χ0n) is 48.4. The number of unbranched alkanes of at least 4 members (excludes halogenated alkanes) is 45. The van der Waals surface area contributed by atoms with Gasteiger partial charge in [0.1, 0.15) is 24.4 Å². The molecule has 9 nitrogen and oxygen atoms in total. The third-order valence-corrected chi connectivity index (χ3v) is 15.9. The minimum absolute atomic E-state index is 0.133. The molecule has 0 radical (unpaired) electrons. The number of hydrogen-bond donors (Lipinski definition) is 6. The summed E-state index contributed by atoms with van der Waals surface area (Å²) in [7, 11) is 0. The lowest BCUT2D eigenvalue weighted by atomic mass is 9.99. The largest absolute Gasteiger partial charge is 0.394 e. The number of aliphatic hydroxyl groups excluding tert-OH is 5. The van der Waals surface area contributed by atoms with Crippen LogP contribution in [-0.2, 0) is 14.3 Å². The summed E-state index contributed by atoms with van der Waals surface area (Å²) in [5.74, 6) is -0.137. The highest BCUT2D eigenvalue weighted by Gasteiger charge is 2.44. The molecule has 1 saturated heterocycles. The summed E-state index contributed by atoms with van der Waals surface area (Å²) in [6, 6.07) is -0.717. The number of hydrogen-bond acceptors (Lipinski definition) is 8. The summed E-state index contributed by atoms with van der Waals surface area (Å²) in [6.07, 6.45) is 61.1. The van der Waals surface area contributed by atoms with Crippen LogP contribution in [0.3, 0.4) is 0 Å². The summed E-state index contributed by atoms with van der Waals surface area (Å²) < 4.78 is 11.4. The Kier molecular flexibility index (Phi) is 52.0. The minimum atomic E-state index is -1.55. The molecule has 7 atom stereocenters. The van der Waals surface area contributed by atoms with Crippen molar-refractivity contribution in [2.45, 2.75) is 378 Å². The van der Waals surface area contributed by atoms with Crippen LogP contribution in [0.2, 0.25) is 0 Å². The lowest BCUT2D eigenvalue weighted by molar-refractivity contribution is -0.302. The van der Waals surface area contributed by atoms with E-state index in [9.17, 15) is 30.3 Å². The molecule has 434 valence electrons. The van der Waals surface area contributed by atoms with Gasteiger partial charge in [0, 0.05) is 6.42 Å². The van der Waals surface area contributed by atoms with Crippen LogP contribution in [0.5, 0.6) is 0 Å². The van der Waals surface area contributed by atoms with E-state index in [2.05, 4.69) is 31.3 Å². The zero-order valence-corrected chi connectivity index (χ0v) is 48.4. The molecule has 0 spiro atoms. The highest BCUT2D eigenvalue weighted by Crippen LogP contribution is 2.24. The monoisotopic (exact) mass is 1040 g/mol. The van der Waals surface area contributed by atoms with Crippen molar-refractivity contribution in [3.05, 3.63) is 12.2 Å². The van der Waals surface area contributed by atoms with E-state index in [1.807, 2.05) is 0 Å². The maximum atomic E-state index is 13.1. The van der Waals surface area contributed by atoms with Crippen LogP contribution in [0.25, 0.3) is 0 Å². The van der Waals surface area contributed by atoms with E-state index in [0.717, 1.165) is 38.5 Å². The highest BCUT2D eigenvalue weighted by molar-refractivity contribution is 5.76. The van der Waals surface area contributed by atoms with Gasteiger partial charge < -0.3 is 40.3 Å². The fourth-order valence-electron chi connectivity index (χ4n) is 10.7. The number of allylic oxidation sites excluding steroid dienone is 2. The summed E-state index contributed by atoms with van der Waals surface area (Å²) in [5.41, 5.74) is 0. The molecule has 1 amide bonds. The molecule has 0 aromatic heterocycles. The molecule has 0 aromatic carbocycles. The van der Waals surface area contributed by atoms with Crippen molar-refractivity contribution < 1.29 is 39.8 Å². The van der Waals surface area contributed by atoms with Crippen LogP contribution < -0.4 is 5.32 Å². The lowest BCUT2D eigenvalue weighted by Crippen LogP contribution is -2.60. The Morgan fingerprint density at radius 2 is 0.767 bits per heavy atom. The van der Waals surface area contributed by atoms with Crippen LogP contribution >= 0.6 is 0 Å². The van der Waals surface area contributed by atoms with Crippen molar-refractivity contribution in [2.24, 2.45) is 0 Å². The molecule has 1 fully saturated rings. The van der Waals surface area contributed by atoms with E-state index in [4.69, 9.17) is 9.47 Å². The van der Waals surface area contributed by atoms with Crippen molar-refractivity contribution in [3.63, 3.8) is 0 Å². The zero-order chi connectivity index (χ0) is 52.9. The fourth-order valence-corrected chi connectivity index (χ4v) is 10.7. The second-order valence-corrected chi connectivity index (χ2v) is 22.9. The molecule has 73 heavy (non-hydrogen) atoms. The molecule has 1 aliphatic heterocycles. The number of aliphatic hydroxyl groups is 5. The Labute approximate surface area is 452 Å². The Balaban J connectivity index is 2.14. The van der Waals surface area contributed by atoms with Crippen LogP contribution in [0.15, 0.2) is 12.2 Å². The predicted octanol–water partition coefficient (Wildman–Crippen LogP) is 16.7. The van der Waals surface area contributed by atoms with E-state index in [-0.39, 0.29) is 12.5 Å². The first-order chi connectivity index (χ1) is 35.8. The van der Waals surface area contributed by atoms with Gasteiger partial charge in [-0.05, 0) is 38.5 Å². The average molecular weight is 1040 g/mol. The van der Waals surface area contributed by atoms with Crippen LogP contribution in [0.4, 0.5) is 0 Å². The molecule has 0 aromatic rings. The van der Waals surface area contributed by atoms with Gasteiger partial charge in [-0.2, -0.15) is 0 Å². The van der Waals surface area contributed by atoms with Gasteiger partial charge in [0.25, 0.3) is 0 Å². The Morgan fingerprint density at radius 1 is 0.452 bits per heavy atom. The molecule has 9 heteroatoms. The molecular weight excluding hydrogens is 911 g/mol. The normalized spacial score (nSPS) is 19.0. The van der Waals surface area contributed by atoms with E-state index in [0.29, 0.717) is 12.8 Å². The molecule has 1 aliphatic rings. The number of nitrogens with one attached hydrogen (secondary N) is 1. The second-order valence-electron chi connectivity index (χ2n) is 22.9. The van der Waals surface area contributed by atoms with Gasteiger partial charge in [-0.25, -0.2) is 0 Å². The third-order valence-electron chi connectivity index (χ3n) is 15.9. The lowest BCUT2D eigenvalue weighted by Gasteiger charge is -2.40. The predicted molar refractivity (Wildman–Crippen MR) is 309 cm³/mol. The van der Waals surface area contributed by atoms with E-state index in [1.54, 1.807) is 0 Å². The van der Waals surface area contributed by atoms with Gasteiger partial charge >= 0.3 is 0 Å². The van der Waals surface area contributed by atoms with Crippen molar-refractivity contribution in [3.8, 4) is 0 Å².